The van der Waals surface area contributed by atoms with E-state index in [2.05, 4.69) is 10.9 Å². The molecule has 7 nitrogen and oxygen atoms in total. The van der Waals surface area contributed by atoms with Gasteiger partial charge in [0.25, 0.3) is 11.8 Å². The maximum Gasteiger partial charge on any atom is 0.422 e. The third kappa shape index (κ3) is 4.54. The lowest BCUT2D eigenvalue weighted by atomic mass is 10.2. The number of hydrazine groups is 1. The molecule has 0 bridgehead atoms. The third-order valence-corrected chi connectivity index (χ3v) is 1.95. The Kier molecular flexibility index (Phi) is 4.43. The summed E-state index contributed by atoms with van der Waals surface area (Å²) in [5, 5.41) is 0. The monoisotopic (exact) mass is 255 g/mol. The number of amides is 3. The summed E-state index contributed by atoms with van der Waals surface area (Å²) in [5.41, 5.74) is 4.32. The molecule has 0 aliphatic carbocycles. The highest BCUT2D eigenvalue weighted by atomic mass is 16.6. The molecule has 1 rings (SSSR count). The van der Waals surface area contributed by atoms with Gasteiger partial charge in [-0.1, -0.05) is 0 Å². The molecular formula is C11H17N3O4. The molecule has 1 aliphatic rings. The fourth-order valence-electron chi connectivity index (χ4n) is 1.26. The van der Waals surface area contributed by atoms with E-state index in [0.29, 0.717) is 0 Å². The molecule has 100 valence electrons. The topological polar surface area (TPSA) is 87.7 Å². The van der Waals surface area contributed by atoms with Crippen LogP contribution in [0.25, 0.3) is 0 Å². The quantitative estimate of drug-likeness (QED) is 0.417. The van der Waals surface area contributed by atoms with Gasteiger partial charge in [-0.2, -0.15) is 0 Å². The third-order valence-electron chi connectivity index (χ3n) is 1.95. The molecular weight excluding hydrogens is 238 g/mol. The van der Waals surface area contributed by atoms with Crippen molar-refractivity contribution in [3.05, 3.63) is 12.2 Å². The Hall–Kier alpha value is -1.89. The summed E-state index contributed by atoms with van der Waals surface area (Å²) in [5.74, 6) is -0.696. The van der Waals surface area contributed by atoms with Gasteiger partial charge in [0.05, 0.1) is 0 Å². The number of carbonyl (C=O) groups excluding carboxylic acids is 3. The van der Waals surface area contributed by atoms with Crippen LogP contribution in [0.2, 0.25) is 0 Å². The molecule has 7 heteroatoms. The molecule has 0 fully saturated rings. The molecule has 1 aliphatic heterocycles. The van der Waals surface area contributed by atoms with Gasteiger partial charge >= 0.3 is 6.09 Å². The maximum absolute atomic E-state index is 11.2. The Morgan fingerprint density at radius 3 is 2.33 bits per heavy atom. The number of nitrogens with zero attached hydrogens (tertiary/aromatic N) is 1. The van der Waals surface area contributed by atoms with E-state index in [1.165, 1.54) is 12.2 Å². The van der Waals surface area contributed by atoms with Crippen molar-refractivity contribution in [1.82, 2.24) is 15.8 Å². The van der Waals surface area contributed by atoms with Crippen LogP contribution in [-0.2, 0) is 14.3 Å². The average Bonchev–Trinajstić information content (AvgIpc) is 2.52. The summed E-state index contributed by atoms with van der Waals surface area (Å²) < 4.78 is 4.98. The highest BCUT2D eigenvalue weighted by molar-refractivity contribution is 6.12. The SMILES string of the molecule is CC(C)(C)OC(=O)NNCCN1C(=O)C=CC1=O. The van der Waals surface area contributed by atoms with Gasteiger partial charge in [-0.05, 0) is 20.8 Å². The molecule has 0 saturated carbocycles. The Balaban J connectivity index is 2.18. The van der Waals surface area contributed by atoms with Gasteiger partial charge in [0, 0.05) is 25.2 Å². The highest BCUT2D eigenvalue weighted by Gasteiger charge is 2.22. The van der Waals surface area contributed by atoms with Gasteiger partial charge in [0.1, 0.15) is 5.60 Å². The summed E-state index contributed by atoms with van der Waals surface area (Å²) in [7, 11) is 0. The molecule has 0 radical (unpaired) electrons. The van der Waals surface area contributed by atoms with E-state index in [-0.39, 0.29) is 24.9 Å². The highest BCUT2D eigenvalue weighted by Crippen LogP contribution is 2.06. The standard InChI is InChI=1S/C11H17N3O4/c1-11(2,3)18-10(17)13-12-6-7-14-8(15)4-5-9(14)16/h4-5,12H,6-7H2,1-3H3,(H,13,17). The molecule has 0 atom stereocenters. The lowest BCUT2D eigenvalue weighted by Crippen LogP contribution is -2.45. The normalized spacial score (nSPS) is 15.2. The Morgan fingerprint density at radius 1 is 1.28 bits per heavy atom. The Morgan fingerprint density at radius 2 is 1.83 bits per heavy atom. The molecule has 2 N–H and O–H groups in total. The van der Waals surface area contributed by atoms with E-state index in [0.717, 1.165) is 4.90 Å². The number of rotatable bonds is 4. The average molecular weight is 255 g/mol. The molecule has 0 saturated heterocycles. The summed E-state index contributed by atoms with van der Waals surface area (Å²) in [6.07, 6.45) is 1.81. The molecule has 0 spiro atoms. The lowest BCUT2D eigenvalue weighted by molar-refractivity contribution is -0.136. The van der Waals surface area contributed by atoms with Crippen molar-refractivity contribution in [2.45, 2.75) is 26.4 Å². The second kappa shape index (κ2) is 5.63. The summed E-state index contributed by atoms with van der Waals surface area (Å²) >= 11 is 0. The van der Waals surface area contributed by atoms with E-state index in [9.17, 15) is 14.4 Å². The largest absolute Gasteiger partial charge is 0.443 e. The van der Waals surface area contributed by atoms with Crippen molar-refractivity contribution >= 4 is 17.9 Å². The van der Waals surface area contributed by atoms with E-state index >= 15 is 0 Å². The van der Waals surface area contributed by atoms with Crippen molar-refractivity contribution in [2.24, 2.45) is 0 Å². The summed E-state index contributed by atoms with van der Waals surface area (Å²) in [4.78, 5) is 34.7. The van der Waals surface area contributed by atoms with Gasteiger partial charge in [0.2, 0.25) is 0 Å². The van der Waals surface area contributed by atoms with Crippen LogP contribution >= 0.6 is 0 Å². The molecule has 0 aromatic rings. The first-order valence-corrected chi connectivity index (χ1v) is 5.55. The second-order valence-electron chi connectivity index (χ2n) is 4.72. The van der Waals surface area contributed by atoms with E-state index in [1.807, 2.05) is 0 Å². The first-order valence-electron chi connectivity index (χ1n) is 5.55. The van der Waals surface area contributed by atoms with Gasteiger partial charge in [-0.3, -0.25) is 19.9 Å². The van der Waals surface area contributed by atoms with E-state index in [4.69, 9.17) is 4.74 Å². The maximum atomic E-state index is 11.2. The van der Waals surface area contributed by atoms with Crippen molar-refractivity contribution < 1.29 is 19.1 Å². The zero-order valence-electron chi connectivity index (χ0n) is 10.6. The van der Waals surface area contributed by atoms with E-state index in [1.54, 1.807) is 20.8 Å². The number of imide groups is 1. The second-order valence-corrected chi connectivity index (χ2v) is 4.72. The van der Waals surface area contributed by atoms with Crippen LogP contribution in [0.5, 0.6) is 0 Å². The lowest BCUT2D eigenvalue weighted by Gasteiger charge is -2.20. The minimum absolute atomic E-state index is 0.181. The summed E-state index contributed by atoms with van der Waals surface area (Å²) in [6, 6.07) is 0. The van der Waals surface area contributed by atoms with Crippen molar-refractivity contribution in [2.75, 3.05) is 13.1 Å². The molecule has 1 heterocycles. The number of nitrogens with one attached hydrogen (secondary N) is 2. The van der Waals surface area contributed by atoms with Crippen molar-refractivity contribution in [1.29, 1.82) is 0 Å². The first kappa shape index (κ1) is 14.2. The molecule has 0 aromatic heterocycles. The van der Waals surface area contributed by atoms with Crippen LogP contribution in [-0.4, -0.2) is 41.5 Å². The van der Waals surface area contributed by atoms with Crippen molar-refractivity contribution in [3.8, 4) is 0 Å². The minimum atomic E-state index is -0.611. The number of carbonyl (C=O) groups is 3. The fourth-order valence-corrected chi connectivity index (χ4v) is 1.26. The van der Waals surface area contributed by atoms with Crippen LogP contribution in [0.3, 0.4) is 0 Å². The van der Waals surface area contributed by atoms with Crippen LogP contribution in [0.1, 0.15) is 20.8 Å². The predicted molar refractivity (Wildman–Crippen MR) is 63.2 cm³/mol. The Bertz CT molecular complexity index is 366. The molecule has 3 amide bonds. The van der Waals surface area contributed by atoms with Gasteiger partial charge in [-0.15, -0.1) is 0 Å². The predicted octanol–water partition coefficient (Wildman–Crippen LogP) is -0.0593. The van der Waals surface area contributed by atoms with Crippen LogP contribution < -0.4 is 10.9 Å². The zero-order chi connectivity index (χ0) is 13.8. The van der Waals surface area contributed by atoms with Gasteiger partial charge < -0.3 is 4.74 Å². The number of hydrogen-bond donors (Lipinski definition) is 2. The first-order chi connectivity index (χ1) is 8.29. The molecule has 0 unspecified atom stereocenters. The Labute approximate surface area is 105 Å². The van der Waals surface area contributed by atoms with Crippen LogP contribution in [0.4, 0.5) is 4.79 Å². The number of hydrogen-bond acceptors (Lipinski definition) is 5. The van der Waals surface area contributed by atoms with E-state index < -0.39 is 11.7 Å². The van der Waals surface area contributed by atoms with Gasteiger partial charge in [-0.25, -0.2) is 10.2 Å². The smallest absolute Gasteiger partial charge is 0.422 e. The van der Waals surface area contributed by atoms with Gasteiger partial charge in [0.15, 0.2) is 0 Å². The fraction of sp³-hybridized carbons (Fsp3) is 0.545. The number of ether oxygens (including phenoxy) is 1. The minimum Gasteiger partial charge on any atom is -0.443 e. The van der Waals surface area contributed by atoms with Crippen LogP contribution in [0, 0.1) is 0 Å². The summed E-state index contributed by atoms with van der Waals surface area (Å²) in [6.45, 7) is 5.68. The van der Waals surface area contributed by atoms with Crippen LogP contribution in [0.15, 0.2) is 12.2 Å². The molecule has 0 aromatic carbocycles. The zero-order valence-corrected chi connectivity index (χ0v) is 10.6. The molecule has 18 heavy (non-hydrogen) atoms. The van der Waals surface area contributed by atoms with Crippen molar-refractivity contribution in [3.63, 3.8) is 0 Å².